The molecule has 8 heteroatoms. The second kappa shape index (κ2) is 10.7. The summed E-state index contributed by atoms with van der Waals surface area (Å²) in [5.74, 6) is 1.09. The Labute approximate surface area is 155 Å². The van der Waals surface area contributed by atoms with Gasteiger partial charge in [-0.2, -0.15) is 0 Å². The summed E-state index contributed by atoms with van der Waals surface area (Å²) in [6, 6.07) is 4.22. The smallest absolute Gasteiger partial charge is 0.221 e. The fourth-order valence-corrected chi connectivity index (χ4v) is 2.90. The van der Waals surface area contributed by atoms with Crippen LogP contribution in [-0.4, -0.2) is 49.8 Å². The molecule has 0 aromatic carbocycles. The molecule has 1 atom stereocenters. The zero-order valence-corrected chi connectivity index (χ0v) is 15.3. The number of pyridine rings is 1. The number of nitrogens with zero attached hydrogens (tertiary/aromatic N) is 2. The van der Waals surface area contributed by atoms with Crippen LogP contribution in [0.2, 0.25) is 0 Å². The van der Waals surface area contributed by atoms with Crippen molar-refractivity contribution in [2.24, 2.45) is 0 Å². The summed E-state index contributed by atoms with van der Waals surface area (Å²) in [6.45, 7) is 4.88. The van der Waals surface area contributed by atoms with Crippen LogP contribution in [0.3, 0.4) is 0 Å². The van der Waals surface area contributed by atoms with Gasteiger partial charge >= 0.3 is 0 Å². The van der Waals surface area contributed by atoms with Crippen molar-refractivity contribution in [2.45, 2.75) is 31.8 Å². The van der Waals surface area contributed by atoms with E-state index in [4.69, 9.17) is 4.74 Å². The van der Waals surface area contributed by atoms with Gasteiger partial charge in [-0.15, -0.1) is 24.8 Å². The van der Waals surface area contributed by atoms with Crippen molar-refractivity contribution in [1.82, 2.24) is 15.6 Å². The fourth-order valence-electron chi connectivity index (χ4n) is 2.90. The average Bonchev–Trinajstić information content (AvgIpc) is 3.09. The summed E-state index contributed by atoms with van der Waals surface area (Å²) in [6.07, 6.45) is 4.81. The SMILES string of the molecule is Cl.Cl.O=C(CC1COCCN1)NCc1ccc(N2CCCC2)nc1. The van der Waals surface area contributed by atoms with E-state index >= 15 is 0 Å². The van der Waals surface area contributed by atoms with Crippen LogP contribution in [-0.2, 0) is 16.1 Å². The second-order valence-corrected chi connectivity index (χ2v) is 5.93. The Balaban J connectivity index is 0.00000144. The van der Waals surface area contributed by atoms with Gasteiger partial charge < -0.3 is 20.3 Å². The average molecular weight is 377 g/mol. The molecule has 3 heterocycles. The molecule has 6 nitrogen and oxygen atoms in total. The van der Waals surface area contributed by atoms with Crippen molar-refractivity contribution in [3.05, 3.63) is 23.9 Å². The van der Waals surface area contributed by atoms with E-state index in [1.165, 1.54) is 12.8 Å². The summed E-state index contributed by atoms with van der Waals surface area (Å²) in [5, 5.41) is 6.23. The molecule has 2 aliphatic heterocycles. The van der Waals surface area contributed by atoms with Crippen molar-refractivity contribution in [3.8, 4) is 0 Å². The molecule has 2 fully saturated rings. The number of rotatable bonds is 5. The van der Waals surface area contributed by atoms with Crippen LogP contribution >= 0.6 is 24.8 Å². The van der Waals surface area contributed by atoms with Crippen molar-refractivity contribution < 1.29 is 9.53 Å². The van der Waals surface area contributed by atoms with Crippen molar-refractivity contribution in [3.63, 3.8) is 0 Å². The van der Waals surface area contributed by atoms with Gasteiger partial charge in [-0.3, -0.25) is 4.79 Å². The van der Waals surface area contributed by atoms with Crippen LogP contribution in [0.5, 0.6) is 0 Å². The van der Waals surface area contributed by atoms with Gasteiger partial charge in [0.05, 0.1) is 13.2 Å². The molecular weight excluding hydrogens is 351 g/mol. The zero-order valence-electron chi connectivity index (χ0n) is 13.7. The molecule has 1 aromatic rings. The van der Waals surface area contributed by atoms with Crippen molar-refractivity contribution >= 4 is 36.5 Å². The molecule has 1 unspecified atom stereocenters. The molecule has 24 heavy (non-hydrogen) atoms. The molecule has 1 aromatic heterocycles. The summed E-state index contributed by atoms with van der Waals surface area (Å²) in [7, 11) is 0. The van der Waals surface area contributed by atoms with Gasteiger partial charge in [0.25, 0.3) is 0 Å². The van der Waals surface area contributed by atoms with E-state index in [0.29, 0.717) is 19.6 Å². The van der Waals surface area contributed by atoms with Crippen molar-refractivity contribution in [2.75, 3.05) is 37.7 Å². The molecule has 2 aliphatic rings. The molecule has 3 rings (SSSR count). The number of nitrogens with one attached hydrogen (secondary N) is 2. The van der Waals surface area contributed by atoms with Crippen LogP contribution in [0.1, 0.15) is 24.8 Å². The second-order valence-electron chi connectivity index (χ2n) is 5.93. The summed E-state index contributed by atoms with van der Waals surface area (Å²) >= 11 is 0. The summed E-state index contributed by atoms with van der Waals surface area (Å²) < 4.78 is 5.35. The Morgan fingerprint density at radius 2 is 2.12 bits per heavy atom. The van der Waals surface area contributed by atoms with E-state index in [2.05, 4.69) is 20.5 Å². The fraction of sp³-hybridized carbons (Fsp3) is 0.625. The number of morpholine rings is 1. The maximum atomic E-state index is 11.9. The van der Waals surface area contributed by atoms with Crippen LogP contribution in [0.25, 0.3) is 0 Å². The molecule has 0 radical (unpaired) electrons. The number of hydrogen-bond donors (Lipinski definition) is 2. The Hall–Kier alpha value is -1.08. The molecule has 2 saturated heterocycles. The van der Waals surface area contributed by atoms with Gasteiger partial charge in [0.15, 0.2) is 0 Å². The van der Waals surface area contributed by atoms with Crippen LogP contribution in [0, 0.1) is 0 Å². The summed E-state index contributed by atoms with van der Waals surface area (Å²) in [4.78, 5) is 18.7. The topological polar surface area (TPSA) is 66.5 Å². The molecule has 136 valence electrons. The molecule has 0 aliphatic carbocycles. The minimum absolute atomic E-state index is 0. The molecular formula is C16H26Cl2N4O2. The first-order valence-corrected chi connectivity index (χ1v) is 8.09. The Morgan fingerprint density at radius 1 is 1.33 bits per heavy atom. The standard InChI is InChI=1S/C16H24N4O2.2ClH/c21-16(9-14-12-22-8-5-17-14)19-11-13-3-4-15(18-10-13)20-6-1-2-7-20;;/h3-4,10,14,17H,1-2,5-9,11-12H2,(H,19,21);2*1H. The monoisotopic (exact) mass is 376 g/mol. The largest absolute Gasteiger partial charge is 0.378 e. The molecule has 0 spiro atoms. The van der Waals surface area contributed by atoms with Gasteiger partial charge in [-0.05, 0) is 24.5 Å². The minimum atomic E-state index is 0. The van der Waals surface area contributed by atoms with E-state index in [1.54, 1.807) is 0 Å². The Morgan fingerprint density at radius 3 is 2.75 bits per heavy atom. The van der Waals surface area contributed by atoms with E-state index in [1.807, 2.05) is 18.3 Å². The number of amides is 1. The van der Waals surface area contributed by atoms with Gasteiger partial charge in [0.2, 0.25) is 5.91 Å². The first-order valence-electron chi connectivity index (χ1n) is 8.09. The van der Waals surface area contributed by atoms with Crippen LogP contribution in [0.15, 0.2) is 18.3 Å². The predicted molar refractivity (Wildman–Crippen MR) is 99.3 cm³/mol. The third-order valence-electron chi connectivity index (χ3n) is 4.16. The number of aromatic nitrogens is 1. The lowest BCUT2D eigenvalue weighted by molar-refractivity contribution is -0.122. The predicted octanol–water partition coefficient (Wildman–Crippen LogP) is 1.52. The third-order valence-corrected chi connectivity index (χ3v) is 4.16. The number of ether oxygens (including phenoxy) is 1. The van der Waals surface area contributed by atoms with Crippen LogP contribution < -0.4 is 15.5 Å². The maximum Gasteiger partial charge on any atom is 0.221 e. The highest BCUT2D eigenvalue weighted by molar-refractivity contribution is 5.85. The van der Waals surface area contributed by atoms with Gasteiger partial charge in [0, 0.05) is 44.8 Å². The Kier molecular flexibility index (Phi) is 9.36. The maximum absolute atomic E-state index is 11.9. The number of carbonyl (C=O) groups excluding carboxylic acids is 1. The zero-order chi connectivity index (χ0) is 15.2. The van der Waals surface area contributed by atoms with E-state index in [-0.39, 0.29) is 36.8 Å². The lowest BCUT2D eigenvalue weighted by Gasteiger charge is -2.23. The molecule has 0 saturated carbocycles. The third kappa shape index (κ3) is 6.09. The lowest BCUT2D eigenvalue weighted by atomic mass is 10.2. The lowest BCUT2D eigenvalue weighted by Crippen LogP contribution is -2.44. The van der Waals surface area contributed by atoms with Crippen molar-refractivity contribution in [1.29, 1.82) is 0 Å². The van der Waals surface area contributed by atoms with E-state index < -0.39 is 0 Å². The molecule has 1 amide bonds. The van der Waals surface area contributed by atoms with E-state index in [0.717, 1.165) is 37.6 Å². The van der Waals surface area contributed by atoms with E-state index in [9.17, 15) is 4.79 Å². The number of carbonyl (C=O) groups is 1. The van der Waals surface area contributed by atoms with Crippen LogP contribution in [0.4, 0.5) is 5.82 Å². The number of halogens is 2. The highest BCUT2D eigenvalue weighted by Crippen LogP contribution is 2.17. The quantitative estimate of drug-likeness (QED) is 0.815. The summed E-state index contributed by atoms with van der Waals surface area (Å²) in [5.41, 5.74) is 1.03. The highest BCUT2D eigenvalue weighted by Gasteiger charge is 2.17. The normalized spacial score (nSPS) is 20.0. The van der Waals surface area contributed by atoms with Gasteiger partial charge in [-0.25, -0.2) is 4.98 Å². The minimum Gasteiger partial charge on any atom is -0.378 e. The number of anilines is 1. The Bertz CT molecular complexity index is 489. The van der Waals surface area contributed by atoms with Gasteiger partial charge in [-0.1, -0.05) is 6.07 Å². The molecule has 2 N–H and O–H groups in total. The molecule has 0 bridgehead atoms. The highest BCUT2D eigenvalue weighted by atomic mass is 35.5. The first-order chi connectivity index (χ1) is 10.8. The van der Waals surface area contributed by atoms with Gasteiger partial charge in [0.1, 0.15) is 5.82 Å². The number of hydrogen-bond acceptors (Lipinski definition) is 5. The first kappa shape index (κ1) is 21.0.